The summed E-state index contributed by atoms with van der Waals surface area (Å²) in [5.41, 5.74) is 1.16. The van der Waals surface area contributed by atoms with E-state index in [-0.39, 0.29) is 24.0 Å². The number of nitrogens with zero attached hydrogens (tertiary/aromatic N) is 3. The molecule has 2 aliphatic rings. The predicted octanol–water partition coefficient (Wildman–Crippen LogP) is 3.61. The zero-order valence-corrected chi connectivity index (χ0v) is 20.7. The van der Waals surface area contributed by atoms with Gasteiger partial charge in [-0.25, -0.2) is 4.98 Å². The third kappa shape index (κ3) is 8.19. The van der Waals surface area contributed by atoms with E-state index in [9.17, 15) is 0 Å². The van der Waals surface area contributed by atoms with E-state index in [1.807, 2.05) is 25.4 Å². The predicted molar refractivity (Wildman–Crippen MR) is 130 cm³/mol. The van der Waals surface area contributed by atoms with Gasteiger partial charge in [-0.05, 0) is 56.6 Å². The van der Waals surface area contributed by atoms with Crippen LogP contribution in [0.25, 0.3) is 0 Å². The molecule has 0 atom stereocenters. The number of halogens is 1. The van der Waals surface area contributed by atoms with E-state index < -0.39 is 0 Å². The van der Waals surface area contributed by atoms with Crippen molar-refractivity contribution in [3.8, 4) is 5.88 Å². The van der Waals surface area contributed by atoms with E-state index in [2.05, 4.69) is 20.2 Å². The number of aromatic nitrogens is 1. The van der Waals surface area contributed by atoms with Crippen molar-refractivity contribution in [3.05, 3.63) is 23.9 Å². The van der Waals surface area contributed by atoms with Crippen molar-refractivity contribution < 1.29 is 14.2 Å². The lowest BCUT2D eigenvalue weighted by atomic mass is 10.1. The van der Waals surface area contributed by atoms with E-state index >= 15 is 0 Å². The van der Waals surface area contributed by atoms with Crippen molar-refractivity contribution in [2.24, 2.45) is 4.99 Å². The maximum absolute atomic E-state index is 6.02. The van der Waals surface area contributed by atoms with Crippen LogP contribution in [0.1, 0.15) is 50.5 Å². The molecule has 1 saturated carbocycles. The summed E-state index contributed by atoms with van der Waals surface area (Å²) in [6, 6.07) is 4.07. The summed E-state index contributed by atoms with van der Waals surface area (Å²) in [6.45, 7) is 4.17. The van der Waals surface area contributed by atoms with Gasteiger partial charge in [-0.3, -0.25) is 4.99 Å². The van der Waals surface area contributed by atoms with Crippen molar-refractivity contribution in [1.82, 2.24) is 15.2 Å². The quantitative estimate of drug-likeness (QED) is 0.227. The molecule has 170 valence electrons. The number of piperidine rings is 1. The molecule has 1 N–H and O–H groups in total. The van der Waals surface area contributed by atoms with Gasteiger partial charge in [-0.1, -0.05) is 0 Å². The molecule has 1 aliphatic carbocycles. The Labute approximate surface area is 198 Å². The Bertz CT molecular complexity index is 633. The van der Waals surface area contributed by atoms with Crippen LogP contribution in [0.4, 0.5) is 0 Å². The Hall–Kier alpha value is -1.13. The molecule has 1 saturated heterocycles. The minimum atomic E-state index is 0. The zero-order chi connectivity index (χ0) is 20.3. The number of pyridine rings is 1. The Balaban J connectivity index is 0.00000320. The molecule has 3 rings (SSSR count). The molecule has 2 heterocycles. The first-order valence-electron chi connectivity index (χ1n) is 11.0. The summed E-state index contributed by atoms with van der Waals surface area (Å²) in [7, 11) is 3.57. The van der Waals surface area contributed by atoms with Gasteiger partial charge in [-0.15, -0.1) is 24.0 Å². The average Bonchev–Trinajstić information content (AvgIpc) is 3.26. The monoisotopic (exact) mass is 532 g/mol. The van der Waals surface area contributed by atoms with Gasteiger partial charge in [0.1, 0.15) is 6.10 Å². The van der Waals surface area contributed by atoms with Crippen LogP contribution < -0.4 is 10.1 Å². The van der Waals surface area contributed by atoms with Crippen LogP contribution in [0.2, 0.25) is 0 Å². The highest BCUT2D eigenvalue weighted by Gasteiger charge is 2.22. The Morgan fingerprint density at radius 3 is 2.63 bits per heavy atom. The van der Waals surface area contributed by atoms with Gasteiger partial charge in [0, 0.05) is 59.3 Å². The van der Waals surface area contributed by atoms with Gasteiger partial charge in [-0.2, -0.15) is 0 Å². The fraction of sp³-hybridized carbons (Fsp3) is 0.727. The van der Waals surface area contributed by atoms with Gasteiger partial charge >= 0.3 is 0 Å². The summed E-state index contributed by atoms with van der Waals surface area (Å²) in [6.07, 6.45) is 10.3. The third-order valence-corrected chi connectivity index (χ3v) is 5.64. The van der Waals surface area contributed by atoms with Crippen LogP contribution in [-0.2, 0) is 16.0 Å². The SMILES string of the molecule is CN=C(NCc1ccnc(OC2CCCC2)c1)N1CCC(OCCCOC)CC1.I. The molecule has 30 heavy (non-hydrogen) atoms. The zero-order valence-electron chi connectivity index (χ0n) is 18.3. The number of hydrogen-bond donors (Lipinski definition) is 1. The van der Waals surface area contributed by atoms with Crippen molar-refractivity contribution in [2.45, 2.75) is 63.7 Å². The molecule has 8 heteroatoms. The highest BCUT2D eigenvalue weighted by molar-refractivity contribution is 14.0. The first kappa shape index (κ1) is 25.1. The summed E-state index contributed by atoms with van der Waals surface area (Å²) >= 11 is 0. The number of nitrogens with one attached hydrogen (secondary N) is 1. The van der Waals surface area contributed by atoms with Gasteiger partial charge in [0.2, 0.25) is 5.88 Å². The molecular formula is C22H37IN4O3. The molecule has 1 aliphatic heterocycles. The Morgan fingerprint density at radius 2 is 1.93 bits per heavy atom. The summed E-state index contributed by atoms with van der Waals surface area (Å²) in [5.74, 6) is 1.68. The van der Waals surface area contributed by atoms with Crippen molar-refractivity contribution >= 4 is 29.9 Å². The average molecular weight is 532 g/mol. The number of guanidine groups is 1. The molecule has 0 bridgehead atoms. The molecule has 1 aromatic rings. The van der Waals surface area contributed by atoms with E-state index in [0.717, 1.165) is 75.8 Å². The number of aliphatic imine (C=N–C) groups is 1. The Kier molecular flexibility index (Phi) is 11.8. The third-order valence-electron chi connectivity index (χ3n) is 5.64. The van der Waals surface area contributed by atoms with Crippen LogP contribution in [0.5, 0.6) is 5.88 Å². The van der Waals surface area contributed by atoms with Gasteiger partial charge in [0.05, 0.1) is 6.10 Å². The van der Waals surface area contributed by atoms with Crippen molar-refractivity contribution in [3.63, 3.8) is 0 Å². The van der Waals surface area contributed by atoms with Gasteiger partial charge < -0.3 is 24.4 Å². The van der Waals surface area contributed by atoms with Crippen LogP contribution in [0.3, 0.4) is 0 Å². The first-order valence-corrected chi connectivity index (χ1v) is 11.0. The molecule has 0 amide bonds. The lowest BCUT2D eigenvalue weighted by Crippen LogP contribution is -2.46. The lowest BCUT2D eigenvalue weighted by molar-refractivity contribution is 0.00989. The molecule has 2 fully saturated rings. The maximum atomic E-state index is 6.02. The number of rotatable bonds is 9. The van der Waals surface area contributed by atoms with E-state index in [1.54, 1.807) is 7.11 Å². The summed E-state index contributed by atoms with van der Waals surface area (Å²) in [5, 5.41) is 3.49. The largest absolute Gasteiger partial charge is 0.474 e. The normalized spacial score (nSPS) is 18.3. The highest BCUT2D eigenvalue weighted by atomic mass is 127. The standard InChI is InChI=1S/C22H36N4O3.HI/c1-23-22(26-12-9-19(10-13-26)28-15-5-14-27-2)25-17-18-8-11-24-21(16-18)29-20-6-3-4-7-20;/h8,11,16,19-20H,3-7,9-10,12-15,17H2,1-2H3,(H,23,25);1H. The number of methoxy groups -OCH3 is 1. The van der Waals surface area contributed by atoms with E-state index in [0.29, 0.717) is 18.8 Å². The lowest BCUT2D eigenvalue weighted by Gasteiger charge is -2.34. The number of ether oxygens (including phenoxy) is 3. The highest BCUT2D eigenvalue weighted by Crippen LogP contribution is 2.23. The van der Waals surface area contributed by atoms with E-state index in [1.165, 1.54) is 12.8 Å². The molecule has 1 aromatic heterocycles. The minimum Gasteiger partial charge on any atom is -0.474 e. The molecular weight excluding hydrogens is 495 g/mol. The van der Waals surface area contributed by atoms with Crippen LogP contribution in [0.15, 0.2) is 23.3 Å². The second-order valence-electron chi connectivity index (χ2n) is 7.83. The minimum absolute atomic E-state index is 0. The van der Waals surface area contributed by atoms with Gasteiger partial charge in [0.25, 0.3) is 0 Å². The topological polar surface area (TPSA) is 68.2 Å². The van der Waals surface area contributed by atoms with Gasteiger partial charge in [0.15, 0.2) is 5.96 Å². The fourth-order valence-electron chi connectivity index (χ4n) is 4.00. The Morgan fingerprint density at radius 1 is 1.17 bits per heavy atom. The smallest absolute Gasteiger partial charge is 0.213 e. The summed E-state index contributed by atoms with van der Waals surface area (Å²) in [4.78, 5) is 11.2. The second-order valence-corrected chi connectivity index (χ2v) is 7.83. The van der Waals surface area contributed by atoms with Crippen molar-refractivity contribution in [2.75, 3.05) is 40.5 Å². The number of likely N-dealkylation sites (tertiary alicyclic amines) is 1. The molecule has 7 nitrogen and oxygen atoms in total. The number of hydrogen-bond acceptors (Lipinski definition) is 5. The molecule has 0 spiro atoms. The van der Waals surface area contributed by atoms with Crippen LogP contribution >= 0.6 is 24.0 Å². The fourth-order valence-corrected chi connectivity index (χ4v) is 4.00. The first-order chi connectivity index (χ1) is 14.3. The second kappa shape index (κ2) is 14.0. The van der Waals surface area contributed by atoms with E-state index in [4.69, 9.17) is 14.2 Å². The molecule has 0 radical (unpaired) electrons. The molecule has 0 aromatic carbocycles. The molecule has 0 unspecified atom stereocenters. The maximum Gasteiger partial charge on any atom is 0.213 e. The van der Waals surface area contributed by atoms with Crippen molar-refractivity contribution in [1.29, 1.82) is 0 Å². The van der Waals surface area contributed by atoms with Crippen LogP contribution in [0, 0.1) is 0 Å². The van der Waals surface area contributed by atoms with Crippen LogP contribution in [-0.4, -0.2) is 68.5 Å². The summed E-state index contributed by atoms with van der Waals surface area (Å²) < 4.78 is 17.1.